The minimum atomic E-state index is -0.135. The number of carbonyl (C=O) groups is 1. The lowest BCUT2D eigenvalue weighted by molar-refractivity contribution is 0.0958. The van der Waals surface area contributed by atoms with E-state index in [4.69, 9.17) is 11.6 Å². The van der Waals surface area contributed by atoms with Crippen molar-refractivity contribution in [3.8, 4) is 0 Å². The maximum atomic E-state index is 11.6. The molecule has 1 amide bonds. The van der Waals surface area contributed by atoms with Crippen LogP contribution in [0.1, 0.15) is 35.1 Å². The molecule has 0 radical (unpaired) electrons. The average molecular weight is 234 g/mol. The van der Waals surface area contributed by atoms with Crippen molar-refractivity contribution in [2.75, 3.05) is 12.4 Å². The third-order valence-corrected chi connectivity index (χ3v) is 2.58. The molecule has 0 atom stereocenters. The summed E-state index contributed by atoms with van der Waals surface area (Å²) in [7, 11) is 0. The SMILES string of the molecule is CC(C)c1nnsc1C(=O)NCCCl. The van der Waals surface area contributed by atoms with Crippen molar-refractivity contribution in [1.82, 2.24) is 14.9 Å². The van der Waals surface area contributed by atoms with Gasteiger partial charge in [-0.05, 0) is 17.5 Å². The number of rotatable bonds is 4. The molecule has 0 bridgehead atoms. The molecule has 0 aromatic carbocycles. The van der Waals surface area contributed by atoms with Gasteiger partial charge in [0.05, 0.1) is 5.69 Å². The van der Waals surface area contributed by atoms with Gasteiger partial charge in [0.15, 0.2) is 0 Å². The quantitative estimate of drug-likeness (QED) is 0.805. The molecule has 1 aromatic heterocycles. The van der Waals surface area contributed by atoms with Crippen LogP contribution in [0.3, 0.4) is 0 Å². The Morgan fingerprint density at radius 1 is 1.64 bits per heavy atom. The van der Waals surface area contributed by atoms with Gasteiger partial charge in [-0.1, -0.05) is 18.3 Å². The molecular formula is C8H12ClN3OS. The summed E-state index contributed by atoms with van der Waals surface area (Å²) in [6.45, 7) is 4.43. The molecular weight excluding hydrogens is 222 g/mol. The standard InChI is InChI=1S/C8H12ClN3OS/c1-5(2)6-7(14-12-11-6)8(13)10-4-3-9/h5H,3-4H2,1-2H3,(H,10,13). The Morgan fingerprint density at radius 3 is 2.93 bits per heavy atom. The van der Waals surface area contributed by atoms with Gasteiger partial charge < -0.3 is 5.32 Å². The molecule has 0 saturated carbocycles. The summed E-state index contributed by atoms with van der Waals surface area (Å²) in [6, 6.07) is 0. The van der Waals surface area contributed by atoms with Crippen molar-refractivity contribution >= 4 is 29.0 Å². The van der Waals surface area contributed by atoms with Crippen LogP contribution in [0.25, 0.3) is 0 Å². The van der Waals surface area contributed by atoms with Crippen LogP contribution in [0, 0.1) is 0 Å². The van der Waals surface area contributed by atoms with Crippen LogP contribution in [-0.2, 0) is 0 Å². The van der Waals surface area contributed by atoms with Gasteiger partial charge in [-0.25, -0.2) is 0 Å². The lowest BCUT2D eigenvalue weighted by Crippen LogP contribution is -2.25. The van der Waals surface area contributed by atoms with Gasteiger partial charge in [-0.3, -0.25) is 4.79 Å². The predicted molar refractivity (Wildman–Crippen MR) is 57.1 cm³/mol. The van der Waals surface area contributed by atoms with Gasteiger partial charge in [-0.15, -0.1) is 16.7 Å². The van der Waals surface area contributed by atoms with E-state index in [0.29, 0.717) is 17.3 Å². The fraction of sp³-hybridized carbons (Fsp3) is 0.625. The van der Waals surface area contributed by atoms with E-state index in [2.05, 4.69) is 14.9 Å². The summed E-state index contributed by atoms with van der Waals surface area (Å²) in [5, 5.41) is 6.61. The van der Waals surface area contributed by atoms with Crippen molar-refractivity contribution < 1.29 is 4.79 Å². The van der Waals surface area contributed by atoms with Gasteiger partial charge in [0, 0.05) is 12.4 Å². The number of nitrogens with one attached hydrogen (secondary N) is 1. The normalized spacial score (nSPS) is 10.6. The van der Waals surface area contributed by atoms with E-state index < -0.39 is 0 Å². The second-order valence-corrected chi connectivity index (χ2v) is 4.22. The van der Waals surface area contributed by atoms with Crippen LogP contribution in [0.15, 0.2) is 0 Å². The van der Waals surface area contributed by atoms with Gasteiger partial charge in [0.25, 0.3) is 5.91 Å². The van der Waals surface area contributed by atoms with E-state index >= 15 is 0 Å². The fourth-order valence-corrected chi connectivity index (χ4v) is 1.80. The van der Waals surface area contributed by atoms with E-state index in [9.17, 15) is 4.79 Å². The van der Waals surface area contributed by atoms with E-state index in [1.165, 1.54) is 0 Å². The lowest BCUT2D eigenvalue weighted by atomic mass is 10.1. The van der Waals surface area contributed by atoms with Crippen LogP contribution >= 0.6 is 23.1 Å². The van der Waals surface area contributed by atoms with Gasteiger partial charge in [-0.2, -0.15) is 0 Å². The van der Waals surface area contributed by atoms with E-state index in [1.807, 2.05) is 13.8 Å². The van der Waals surface area contributed by atoms with E-state index in [-0.39, 0.29) is 11.8 Å². The molecule has 0 saturated heterocycles. The number of hydrogen-bond acceptors (Lipinski definition) is 4. The number of nitrogens with zero attached hydrogens (tertiary/aromatic N) is 2. The Bertz CT molecular complexity index is 313. The molecule has 14 heavy (non-hydrogen) atoms. The molecule has 78 valence electrons. The first kappa shape index (κ1) is 11.4. The second kappa shape index (κ2) is 5.26. The fourth-order valence-electron chi connectivity index (χ4n) is 0.974. The maximum absolute atomic E-state index is 11.6. The highest BCUT2D eigenvalue weighted by Crippen LogP contribution is 2.19. The number of amides is 1. The zero-order valence-corrected chi connectivity index (χ0v) is 9.65. The number of aromatic nitrogens is 2. The molecule has 1 N–H and O–H groups in total. The summed E-state index contributed by atoms with van der Waals surface area (Å²) in [6.07, 6.45) is 0. The highest BCUT2D eigenvalue weighted by atomic mass is 35.5. The third kappa shape index (κ3) is 2.65. The molecule has 0 spiro atoms. The van der Waals surface area contributed by atoms with Crippen molar-refractivity contribution in [1.29, 1.82) is 0 Å². The summed E-state index contributed by atoms with van der Waals surface area (Å²) >= 11 is 6.59. The average Bonchev–Trinajstić information content (AvgIpc) is 2.62. The molecule has 6 heteroatoms. The zero-order chi connectivity index (χ0) is 10.6. The number of carbonyl (C=O) groups excluding carboxylic acids is 1. The van der Waals surface area contributed by atoms with E-state index in [0.717, 1.165) is 17.2 Å². The molecule has 0 aliphatic heterocycles. The van der Waals surface area contributed by atoms with Gasteiger partial charge in [0.2, 0.25) is 0 Å². The minimum Gasteiger partial charge on any atom is -0.350 e. The topological polar surface area (TPSA) is 54.9 Å². The first-order valence-corrected chi connectivity index (χ1v) is 5.64. The highest BCUT2D eigenvalue weighted by molar-refractivity contribution is 7.08. The lowest BCUT2D eigenvalue weighted by Gasteiger charge is -2.03. The molecule has 0 aliphatic rings. The van der Waals surface area contributed by atoms with Crippen molar-refractivity contribution in [3.63, 3.8) is 0 Å². The Kier molecular flexibility index (Phi) is 4.28. The monoisotopic (exact) mass is 233 g/mol. The van der Waals surface area contributed by atoms with Gasteiger partial charge >= 0.3 is 0 Å². The Hall–Kier alpha value is -0.680. The number of alkyl halides is 1. The van der Waals surface area contributed by atoms with Crippen molar-refractivity contribution in [3.05, 3.63) is 10.6 Å². The second-order valence-electron chi connectivity index (χ2n) is 3.09. The zero-order valence-electron chi connectivity index (χ0n) is 8.08. The number of halogens is 1. The van der Waals surface area contributed by atoms with Crippen LogP contribution in [-0.4, -0.2) is 27.9 Å². The summed E-state index contributed by atoms with van der Waals surface area (Å²) in [4.78, 5) is 12.1. The maximum Gasteiger partial charge on any atom is 0.265 e. The van der Waals surface area contributed by atoms with Crippen molar-refractivity contribution in [2.45, 2.75) is 19.8 Å². The molecule has 0 aliphatic carbocycles. The minimum absolute atomic E-state index is 0.135. The molecule has 1 aromatic rings. The summed E-state index contributed by atoms with van der Waals surface area (Å²) in [5.41, 5.74) is 0.752. The number of hydrogen-bond donors (Lipinski definition) is 1. The summed E-state index contributed by atoms with van der Waals surface area (Å²) in [5.74, 6) is 0.490. The highest BCUT2D eigenvalue weighted by Gasteiger charge is 2.17. The molecule has 0 fully saturated rings. The Balaban J connectivity index is 2.74. The van der Waals surface area contributed by atoms with Crippen LogP contribution in [0.2, 0.25) is 0 Å². The smallest absolute Gasteiger partial charge is 0.265 e. The van der Waals surface area contributed by atoms with Crippen LogP contribution < -0.4 is 5.32 Å². The van der Waals surface area contributed by atoms with E-state index in [1.54, 1.807) is 0 Å². The molecule has 4 nitrogen and oxygen atoms in total. The third-order valence-electron chi connectivity index (χ3n) is 1.65. The largest absolute Gasteiger partial charge is 0.350 e. The first-order valence-electron chi connectivity index (χ1n) is 4.33. The van der Waals surface area contributed by atoms with Crippen LogP contribution in [0.4, 0.5) is 0 Å². The van der Waals surface area contributed by atoms with Crippen molar-refractivity contribution in [2.24, 2.45) is 0 Å². The van der Waals surface area contributed by atoms with Gasteiger partial charge in [0.1, 0.15) is 4.88 Å². The molecule has 0 unspecified atom stereocenters. The van der Waals surface area contributed by atoms with Crippen LogP contribution in [0.5, 0.6) is 0 Å². The molecule has 1 heterocycles. The first-order chi connectivity index (χ1) is 6.66. The summed E-state index contributed by atoms with van der Waals surface area (Å²) < 4.78 is 3.77. The Morgan fingerprint density at radius 2 is 2.36 bits per heavy atom. The Labute approximate surface area is 91.8 Å². The molecule has 1 rings (SSSR count). The predicted octanol–water partition coefficient (Wildman–Crippen LogP) is 1.63.